The highest BCUT2D eigenvalue weighted by Crippen LogP contribution is 2.20. The molecule has 0 heterocycles. The van der Waals surface area contributed by atoms with Gasteiger partial charge in [0, 0.05) is 12.6 Å². The Morgan fingerprint density at radius 3 is 2.65 bits per heavy atom. The maximum absolute atomic E-state index is 8.75. The van der Waals surface area contributed by atoms with E-state index in [1.807, 2.05) is 0 Å². The zero-order valence-electron chi connectivity index (χ0n) is 10.2. The fraction of sp³-hybridized carbons (Fsp3) is 0.333. The molecule has 0 amide bonds. The van der Waals surface area contributed by atoms with Gasteiger partial charge in [-0.3, -0.25) is 0 Å². The zero-order valence-corrected chi connectivity index (χ0v) is 10.2. The Morgan fingerprint density at radius 1 is 1.12 bits per heavy atom. The smallest absolute Gasteiger partial charge is 0.0443 e. The third-order valence-electron chi connectivity index (χ3n) is 3.06. The number of rotatable bonds is 5. The van der Waals surface area contributed by atoms with Crippen LogP contribution in [0.1, 0.15) is 24.9 Å². The van der Waals surface area contributed by atoms with Crippen molar-refractivity contribution in [2.75, 3.05) is 13.2 Å². The molecule has 1 unspecified atom stereocenters. The topological polar surface area (TPSA) is 32.3 Å². The molecule has 0 radical (unpaired) electrons. The summed E-state index contributed by atoms with van der Waals surface area (Å²) >= 11 is 0. The van der Waals surface area contributed by atoms with Gasteiger partial charge in [-0.1, -0.05) is 36.4 Å². The van der Waals surface area contributed by atoms with Crippen LogP contribution in [0, 0.1) is 0 Å². The summed E-state index contributed by atoms with van der Waals surface area (Å²) < 4.78 is 0. The molecule has 1 atom stereocenters. The minimum atomic E-state index is 0.247. The Morgan fingerprint density at radius 2 is 1.88 bits per heavy atom. The average Bonchev–Trinajstić information content (AvgIpc) is 2.38. The fourth-order valence-corrected chi connectivity index (χ4v) is 1.99. The molecule has 0 bridgehead atoms. The molecule has 2 nitrogen and oxygen atoms in total. The SMILES string of the molecule is CC(NCCCO)c1ccc2ccccc2c1. The first kappa shape index (κ1) is 12.1. The molecule has 2 aromatic rings. The van der Waals surface area contributed by atoms with E-state index in [0.29, 0.717) is 6.04 Å². The van der Waals surface area contributed by atoms with E-state index < -0.39 is 0 Å². The second-order valence-electron chi connectivity index (χ2n) is 4.36. The van der Waals surface area contributed by atoms with Crippen molar-refractivity contribution in [2.45, 2.75) is 19.4 Å². The van der Waals surface area contributed by atoms with Crippen LogP contribution < -0.4 is 5.32 Å². The second-order valence-corrected chi connectivity index (χ2v) is 4.36. The first-order valence-corrected chi connectivity index (χ1v) is 6.14. The average molecular weight is 229 g/mol. The first-order chi connectivity index (χ1) is 8.31. The van der Waals surface area contributed by atoms with Crippen molar-refractivity contribution in [3.8, 4) is 0 Å². The van der Waals surface area contributed by atoms with E-state index in [2.05, 4.69) is 54.7 Å². The van der Waals surface area contributed by atoms with Crippen LogP contribution in [0.2, 0.25) is 0 Å². The summed E-state index contributed by atoms with van der Waals surface area (Å²) in [7, 11) is 0. The third kappa shape index (κ3) is 3.05. The molecule has 2 heteroatoms. The number of hydrogen-bond donors (Lipinski definition) is 2. The van der Waals surface area contributed by atoms with Crippen LogP contribution in [0.3, 0.4) is 0 Å². The Balaban J connectivity index is 2.12. The standard InChI is InChI=1S/C15H19NO/c1-12(16-9-4-10-17)14-8-7-13-5-2-3-6-15(13)11-14/h2-3,5-8,11-12,16-17H,4,9-10H2,1H3. The number of hydrogen-bond acceptors (Lipinski definition) is 2. The molecule has 0 saturated heterocycles. The number of nitrogens with one attached hydrogen (secondary N) is 1. The van der Waals surface area contributed by atoms with Crippen molar-refractivity contribution in [3.05, 3.63) is 48.0 Å². The molecule has 0 fully saturated rings. The summed E-state index contributed by atoms with van der Waals surface area (Å²) in [5.74, 6) is 0. The molecule has 2 N–H and O–H groups in total. The molecular weight excluding hydrogens is 210 g/mol. The summed E-state index contributed by atoms with van der Waals surface area (Å²) in [4.78, 5) is 0. The van der Waals surface area contributed by atoms with Gasteiger partial charge in [-0.15, -0.1) is 0 Å². The number of fused-ring (bicyclic) bond motifs is 1. The maximum atomic E-state index is 8.75. The van der Waals surface area contributed by atoms with E-state index in [-0.39, 0.29) is 6.61 Å². The summed E-state index contributed by atoms with van der Waals surface area (Å²) in [6.07, 6.45) is 0.803. The predicted molar refractivity (Wildman–Crippen MR) is 72.1 cm³/mol. The highest BCUT2D eigenvalue weighted by Gasteiger charge is 2.04. The number of aliphatic hydroxyl groups is 1. The minimum Gasteiger partial charge on any atom is -0.396 e. The lowest BCUT2D eigenvalue weighted by atomic mass is 10.0. The Bertz CT molecular complexity index is 481. The van der Waals surface area contributed by atoms with Crippen molar-refractivity contribution in [1.82, 2.24) is 5.32 Å². The summed E-state index contributed by atoms with van der Waals surface area (Å²) in [6, 6.07) is 15.3. The first-order valence-electron chi connectivity index (χ1n) is 6.14. The Hall–Kier alpha value is -1.38. The lowest BCUT2D eigenvalue weighted by Crippen LogP contribution is -2.20. The highest BCUT2D eigenvalue weighted by molar-refractivity contribution is 5.83. The van der Waals surface area contributed by atoms with Gasteiger partial charge in [-0.25, -0.2) is 0 Å². The van der Waals surface area contributed by atoms with Crippen LogP contribution in [0.25, 0.3) is 10.8 Å². The normalized spacial score (nSPS) is 12.8. The van der Waals surface area contributed by atoms with E-state index >= 15 is 0 Å². The number of aliphatic hydroxyl groups excluding tert-OH is 1. The molecule has 90 valence electrons. The molecule has 17 heavy (non-hydrogen) atoms. The second kappa shape index (κ2) is 5.80. The van der Waals surface area contributed by atoms with Gasteiger partial charge in [-0.2, -0.15) is 0 Å². The fourth-order valence-electron chi connectivity index (χ4n) is 1.99. The van der Waals surface area contributed by atoms with Gasteiger partial charge in [0.1, 0.15) is 0 Å². The van der Waals surface area contributed by atoms with Gasteiger partial charge in [0.15, 0.2) is 0 Å². The van der Waals surface area contributed by atoms with Gasteiger partial charge < -0.3 is 10.4 Å². The molecule has 0 aromatic heterocycles. The quantitative estimate of drug-likeness (QED) is 0.773. The molecular formula is C15H19NO. The van der Waals surface area contributed by atoms with Crippen LogP contribution in [0.15, 0.2) is 42.5 Å². The van der Waals surface area contributed by atoms with Crippen molar-refractivity contribution in [2.24, 2.45) is 0 Å². The molecule has 2 aromatic carbocycles. The predicted octanol–water partition coefficient (Wildman–Crippen LogP) is 2.87. The van der Waals surface area contributed by atoms with Gasteiger partial charge in [0.25, 0.3) is 0 Å². The lowest BCUT2D eigenvalue weighted by molar-refractivity contribution is 0.284. The van der Waals surface area contributed by atoms with E-state index in [0.717, 1.165) is 13.0 Å². The van der Waals surface area contributed by atoms with E-state index in [1.54, 1.807) is 0 Å². The molecule has 0 aliphatic carbocycles. The molecule has 0 spiro atoms. The molecule has 0 aliphatic rings. The zero-order chi connectivity index (χ0) is 12.1. The summed E-state index contributed by atoms with van der Waals surface area (Å²) in [5.41, 5.74) is 1.29. The third-order valence-corrected chi connectivity index (χ3v) is 3.06. The molecule has 2 rings (SSSR count). The molecule has 0 aliphatic heterocycles. The minimum absolute atomic E-state index is 0.247. The Labute approximate surface area is 102 Å². The largest absolute Gasteiger partial charge is 0.396 e. The van der Waals surface area contributed by atoms with Crippen LogP contribution in [-0.4, -0.2) is 18.3 Å². The van der Waals surface area contributed by atoms with Crippen molar-refractivity contribution < 1.29 is 5.11 Å². The van der Waals surface area contributed by atoms with Gasteiger partial charge >= 0.3 is 0 Å². The Kier molecular flexibility index (Phi) is 4.13. The monoisotopic (exact) mass is 229 g/mol. The summed E-state index contributed by atoms with van der Waals surface area (Å²) in [6.45, 7) is 3.25. The lowest BCUT2D eigenvalue weighted by Gasteiger charge is -2.14. The highest BCUT2D eigenvalue weighted by atomic mass is 16.3. The van der Waals surface area contributed by atoms with Crippen LogP contribution in [0.4, 0.5) is 0 Å². The van der Waals surface area contributed by atoms with Crippen molar-refractivity contribution >= 4 is 10.8 Å². The summed E-state index contributed by atoms with van der Waals surface area (Å²) in [5, 5.41) is 14.7. The van der Waals surface area contributed by atoms with E-state index in [9.17, 15) is 0 Å². The van der Waals surface area contributed by atoms with Gasteiger partial charge in [0.2, 0.25) is 0 Å². The number of benzene rings is 2. The van der Waals surface area contributed by atoms with Gasteiger partial charge in [-0.05, 0) is 42.3 Å². The van der Waals surface area contributed by atoms with E-state index in [1.165, 1.54) is 16.3 Å². The van der Waals surface area contributed by atoms with Crippen LogP contribution >= 0.6 is 0 Å². The van der Waals surface area contributed by atoms with E-state index in [4.69, 9.17) is 5.11 Å². The van der Waals surface area contributed by atoms with Crippen molar-refractivity contribution in [3.63, 3.8) is 0 Å². The van der Waals surface area contributed by atoms with Crippen molar-refractivity contribution in [1.29, 1.82) is 0 Å². The maximum Gasteiger partial charge on any atom is 0.0443 e. The van der Waals surface area contributed by atoms with Gasteiger partial charge in [0.05, 0.1) is 0 Å². The molecule has 0 saturated carbocycles. The van der Waals surface area contributed by atoms with Crippen LogP contribution in [-0.2, 0) is 0 Å². The van der Waals surface area contributed by atoms with Crippen LogP contribution in [0.5, 0.6) is 0 Å².